The molecule has 0 N–H and O–H groups in total. The van der Waals surface area contributed by atoms with E-state index in [0.717, 1.165) is 13.1 Å². The fourth-order valence-corrected chi connectivity index (χ4v) is 1.68. The summed E-state index contributed by atoms with van der Waals surface area (Å²) in [6.45, 7) is 6.61. The van der Waals surface area contributed by atoms with Gasteiger partial charge in [0.15, 0.2) is 24.8 Å². The Balaban J connectivity index is 0. The Morgan fingerprint density at radius 2 is 0.850 bits per heavy atom. The molecule has 2 aromatic heterocycles. The number of aryl methyl sites for hydroxylation is 2. The topological polar surface area (TPSA) is 7.76 Å². The molecule has 0 saturated heterocycles. The Kier molecular flexibility index (Phi) is 16.7. The maximum atomic E-state index is 2.18. The van der Waals surface area contributed by atoms with Crippen LogP contribution in [0.5, 0.6) is 0 Å². The van der Waals surface area contributed by atoms with E-state index in [9.17, 15) is 0 Å². The number of aromatic nitrogens is 2. The molecule has 0 aliphatic heterocycles. The highest BCUT2D eigenvalue weighted by Crippen LogP contribution is 1.79. The molecule has 2 nitrogen and oxygen atoms in total. The van der Waals surface area contributed by atoms with Crippen molar-refractivity contribution in [3.05, 3.63) is 61.2 Å². The first-order chi connectivity index (χ1) is 8.86. The molecule has 0 bridgehead atoms. The zero-order chi connectivity index (χ0) is 13.1. The van der Waals surface area contributed by atoms with Crippen LogP contribution in [-0.2, 0) is 13.1 Å². The van der Waals surface area contributed by atoms with Crippen molar-refractivity contribution in [1.29, 1.82) is 0 Å². The number of hydrogen-bond donors (Lipinski definition) is 0. The smallest absolute Gasteiger partial charge is 0.168 e. The summed E-state index contributed by atoms with van der Waals surface area (Å²) in [7, 11) is 0. The lowest BCUT2D eigenvalue weighted by Crippen LogP contribution is -3.00. The number of hydrogen-bond acceptors (Lipinski definition) is 0. The highest BCUT2D eigenvalue weighted by atomic mass is 127. The van der Waals surface area contributed by atoms with E-state index in [4.69, 9.17) is 0 Å². The number of halogens is 2. The van der Waals surface area contributed by atoms with E-state index in [0.29, 0.717) is 0 Å². The van der Waals surface area contributed by atoms with Crippen LogP contribution in [0.4, 0.5) is 0 Å². The fraction of sp³-hybridized carbons (Fsp3) is 0.375. The summed E-state index contributed by atoms with van der Waals surface area (Å²) in [6, 6.07) is 12.3. The number of rotatable bonds is 4. The van der Waals surface area contributed by atoms with E-state index < -0.39 is 0 Å². The van der Waals surface area contributed by atoms with Crippen LogP contribution in [-0.4, -0.2) is 0 Å². The van der Waals surface area contributed by atoms with E-state index in [2.05, 4.69) is 72.0 Å². The van der Waals surface area contributed by atoms with Gasteiger partial charge >= 0.3 is 0 Å². The van der Waals surface area contributed by atoms with E-state index in [-0.39, 0.29) is 48.0 Å². The van der Waals surface area contributed by atoms with Crippen molar-refractivity contribution in [3.63, 3.8) is 0 Å². The molecule has 2 aromatic rings. The highest BCUT2D eigenvalue weighted by Gasteiger charge is 1.91. The normalized spacial score (nSPS) is 8.50. The van der Waals surface area contributed by atoms with Crippen molar-refractivity contribution in [2.75, 3.05) is 0 Å². The van der Waals surface area contributed by atoms with Crippen molar-refractivity contribution in [2.45, 2.75) is 39.8 Å². The van der Waals surface area contributed by atoms with Gasteiger partial charge in [-0.15, -0.1) is 0 Å². The van der Waals surface area contributed by atoms with Crippen molar-refractivity contribution in [2.24, 2.45) is 0 Å². The van der Waals surface area contributed by atoms with Crippen LogP contribution in [0.15, 0.2) is 61.2 Å². The molecule has 0 unspecified atom stereocenters. The van der Waals surface area contributed by atoms with Crippen LogP contribution in [0, 0.1) is 0 Å². The van der Waals surface area contributed by atoms with Gasteiger partial charge in [0.25, 0.3) is 0 Å². The lowest BCUT2D eigenvalue weighted by molar-refractivity contribution is -0.697. The fourth-order valence-electron chi connectivity index (χ4n) is 1.68. The summed E-state index contributed by atoms with van der Waals surface area (Å²) in [4.78, 5) is 0. The van der Waals surface area contributed by atoms with Gasteiger partial charge in [-0.05, 0) is 0 Å². The average Bonchev–Trinajstić information content (AvgIpc) is 2.43. The number of nitrogens with zero attached hydrogens (tertiary/aromatic N) is 2. The lowest BCUT2D eigenvalue weighted by Gasteiger charge is -1.88. The van der Waals surface area contributed by atoms with Crippen molar-refractivity contribution < 1.29 is 57.1 Å². The molecule has 0 spiro atoms. The Morgan fingerprint density at radius 1 is 0.550 bits per heavy atom. The molecule has 0 aliphatic rings. The Bertz CT molecular complexity index is 366. The van der Waals surface area contributed by atoms with Gasteiger partial charge in [0, 0.05) is 37.1 Å². The van der Waals surface area contributed by atoms with Crippen molar-refractivity contribution >= 4 is 0 Å². The third-order valence-corrected chi connectivity index (χ3v) is 2.52. The summed E-state index contributed by atoms with van der Waals surface area (Å²) in [5.41, 5.74) is 0. The predicted molar refractivity (Wildman–Crippen MR) is 73.9 cm³/mol. The molecular weight excluding hydrogens is 474 g/mol. The molecule has 0 radical (unpaired) electrons. The molecule has 20 heavy (non-hydrogen) atoms. The van der Waals surface area contributed by atoms with Gasteiger partial charge in [-0.25, -0.2) is 9.13 Å². The molecule has 0 saturated carbocycles. The molecule has 0 aliphatic carbocycles. The predicted octanol–water partition coefficient (Wildman–Crippen LogP) is -3.22. The van der Waals surface area contributed by atoms with Crippen molar-refractivity contribution in [3.8, 4) is 0 Å². The van der Waals surface area contributed by atoms with Crippen LogP contribution in [0.25, 0.3) is 0 Å². The minimum Gasteiger partial charge on any atom is -1.00 e. The van der Waals surface area contributed by atoms with Gasteiger partial charge in [0.2, 0.25) is 0 Å². The molecule has 0 amide bonds. The first-order valence-electron chi connectivity index (χ1n) is 6.75. The van der Waals surface area contributed by atoms with Gasteiger partial charge in [-0.3, -0.25) is 0 Å². The average molecular weight is 498 g/mol. The Morgan fingerprint density at radius 3 is 1.10 bits per heavy atom. The van der Waals surface area contributed by atoms with Gasteiger partial charge in [-0.1, -0.05) is 26.0 Å². The maximum absolute atomic E-state index is 2.18. The first kappa shape index (κ1) is 22.0. The summed E-state index contributed by atoms with van der Waals surface area (Å²) in [5, 5.41) is 0. The van der Waals surface area contributed by atoms with Crippen LogP contribution in [0.1, 0.15) is 26.7 Å². The Labute approximate surface area is 157 Å². The molecule has 0 aromatic carbocycles. The van der Waals surface area contributed by atoms with Crippen LogP contribution < -0.4 is 57.1 Å². The molecular formula is C16H24I2N2. The van der Waals surface area contributed by atoms with Gasteiger partial charge in [-0.2, -0.15) is 0 Å². The monoisotopic (exact) mass is 498 g/mol. The molecule has 2 heterocycles. The second-order valence-electron chi connectivity index (χ2n) is 4.23. The standard InChI is InChI=1S/2C8H12N.2HI/c2*1-2-6-9-7-4-3-5-8-9;;/h2*3-5,7-8H,2,6H2,1H3;2*1H/q2*+1;;/p-2. The molecule has 4 heteroatoms. The van der Waals surface area contributed by atoms with Crippen LogP contribution in [0.2, 0.25) is 0 Å². The van der Waals surface area contributed by atoms with Gasteiger partial charge in [0.1, 0.15) is 13.1 Å². The van der Waals surface area contributed by atoms with Crippen molar-refractivity contribution in [1.82, 2.24) is 0 Å². The summed E-state index contributed by atoms with van der Waals surface area (Å²) >= 11 is 0. The van der Waals surface area contributed by atoms with E-state index in [1.807, 2.05) is 12.1 Å². The van der Waals surface area contributed by atoms with E-state index in [1.54, 1.807) is 0 Å². The largest absolute Gasteiger partial charge is 1.00 e. The Hall–Kier alpha value is -0.240. The lowest BCUT2D eigenvalue weighted by atomic mass is 10.4. The summed E-state index contributed by atoms with van der Waals surface area (Å²) < 4.78 is 4.36. The maximum Gasteiger partial charge on any atom is 0.168 e. The minimum absolute atomic E-state index is 0. The molecule has 112 valence electrons. The molecule has 0 fully saturated rings. The minimum atomic E-state index is 0. The van der Waals surface area contributed by atoms with Gasteiger partial charge < -0.3 is 48.0 Å². The SMILES string of the molecule is CCC[n+]1ccccc1.CCC[n+]1ccccc1.[I-].[I-]. The third-order valence-electron chi connectivity index (χ3n) is 2.52. The van der Waals surface area contributed by atoms with Crippen LogP contribution >= 0.6 is 0 Å². The van der Waals surface area contributed by atoms with E-state index in [1.165, 1.54) is 12.8 Å². The van der Waals surface area contributed by atoms with Gasteiger partial charge in [0.05, 0.1) is 0 Å². The zero-order valence-corrected chi connectivity index (χ0v) is 16.6. The zero-order valence-electron chi connectivity index (χ0n) is 12.3. The van der Waals surface area contributed by atoms with Crippen LogP contribution in [0.3, 0.4) is 0 Å². The quantitative estimate of drug-likeness (QED) is 0.310. The first-order valence-corrected chi connectivity index (χ1v) is 6.75. The summed E-state index contributed by atoms with van der Waals surface area (Å²) in [5.74, 6) is 0. The third kappa shape index (κ3) is 10.5. The van der Waals surface area contributed by atoms with E-state index >= 15 is 0 Å². The molecule has 0 atom stereocenters. The molecule has 2 rings (SSSR count). The summed E-state index contributed by atoms with van der Waals surface area (Å²) in [6.07, 6.45) is 10.8. The number of pyridine rings is 2. The second-order valence-corrected chi connectivity index (χ2v) is 4.23. The highest BCUT2D eigenvalue weighted by molar-refractivity contribution is 4.84. The second kappa shape index (κ2) is 15.2.